The van der Waals surface area contributed by atoms with E-state index in [0.29, 0.717) is 28.2 Å². The molecule has 0 unspecified atom stereocenters. The first-order chi connectivity index (χ1) is 14.0. The number of thioether (sulfide) groups is 1. The van der Waals surface area contributed by atoms with Crippen LogP contribution in [0.3, 0.4) is 0 Å². The van der Waals surface area contributed by atoms with Gasteiger partial charge in [0.1, 0.15) is 6.10 Å². The molecule has 0 saturated carbocycles. The number of aliphatic hydroxyl groups excluding tert-OH is 1. The number of amides is 1. The molecule has 8 heteroatoms. The van der Waals surface area contributed by atoms with Crippen molar-refractivity contribution in [1.82, 2.24) is 14.8 Å². The quantitative estimate of drug-likeness (QED) is 0.414. The van der Waals surface area contributed by atoms with Crippen LogP contribution in [0.1, 0.15) is 23.1 Å². The third kappa shape index (κ3) is 5.06. The van der Waals surface area contributed by atoms with Crippen molar-refractivity contribution < 1.29 is 9.90 Å². The van der Waals surface area contributed by atoms with Gasteiger partial charge in [0.2, 0.25) is 5.91 Å². The summed E-state index contributed by atoms with van der Waals surface area (Å²) in [6.45, 7) is 6.03. The Hall–Kier alpha value is -2.61. The maximum Gasteiger partial charge on any atom is 0.234 e. The van der Waals surface area contributed by atoms with Crippen molar-refractivity contribution in [1.29, 1.82) is 0 Å². The molecule has 2 aromatic carbocycles. The maximum atomic E-state index is 12.4. The van der Waals surface area contributed by atoms with Crippen molar-refractivity contribution in [2.24, 2.45) is 0 Å². The topological polar surface area (TPSA) is 80.0 Å². The first-order valence-electron chi connectivity index (χ1n) is 8.96. The van der Waals surface area contributed by atoms with Crippen molar-refractivity contribution in [2.45, 2.75) is 24.7 Å². The van der Waals surface area contributed by atoms with Gasteiger partial charge in [-0.05, 0) is 30.2 Å². The molecule has 0 aliphatic heterocycles. The molecule has 3 aromatic rings. The predicted molar refractivity (Wildman–Crippen MR) is 116 cm³/mol. The monoisotopic (exact) mass is 428 g/mol. The third-order valence-electron chi connectivity index (χ3n) is 4.29. The molecule has 0 radical (unpaired) electrons. The summed E-state index contributed by atoms with van der Waals surface area (Å²) < 4.78 is 1.76. The summed E-state index contributed by atoms with van der Waals surface area (Å²) >= 11 is 7.34. The fourth-order valence-corrected chi connectivity index (χ4v) is 3.68. The van der Waals surface area contributed by atoms with Gasteiger partial charge < -0.3 is 10.4 Å². The number of rotatable bonds is 8. The van der Waals surface area contributed by atoms with Gasteiger partial charge in [0, 0.05) is 17.3 Å². The number of aliphatic hydroxyl groups is 1. The average molecular weight is 429 g/mol. The highest BCUT2D eigenvalue weighted by atomic mass is 35.5. The van der Waals surface area contributed by atoms with Gasteiger partial charge in [-0.2, -0.15) is 0 Å². The summed E-state index contributed by atoms with van der Waals surface area (Å²) in [7, 11) is 0. The van der Waals surface area contributed by atoms with Crippen LogP contribution in [0.4, 0.5) is 5.69 Å². The van der Waals surface area contributed by atoms with Crippen LogP contribution in [0.2, 0.25) is 5.02 Å². The molecular weight excluding hydrogens is 408 g/mol. The lowest BCUT2D eigenvalue weighted by atomic mass is 10.1. The van der Waals surface area contributed by atoms with Gasteiger partial charge in [0.25, 0.3) is 0 Å². The molecule has 1 aromatic heterocycles. The zero-order chi connectivity index (χ0) is 20.8. The van der Waals surface area contributed by atoms with E-state index in [1.165, 1.54) is 11.8 Å². The van der Waals surface area contributed by atoms with Crippen LogP contribution in [0.25, 0.3) is 0 Å². The second-order valence-corrected chi connectivity index (χ2v) is 7.65. The van der Waals surface area contributed by atoms with Crippen molar-refractivity contribution in [3.05, 3.63) is 83.2 Å². The molecule has 0 saturated heterocycles. The Kier molecular flexibility index (Phi) is 7.09. The predicted octanol–water partition coefficient (Wildman–Crippen LogP) is 4.24. The number of anilines is 1. The van der Waals surface area contributed by atoms with E-state index in [2.05, 4.69) is 22.1 Å². The molecule has 6 nitrogen and oxygen atoms in total. The molecule has 0 spiro atoms. The molecule has 1 heterocycles. The fourth-order valence-electron chi connectivity index (χ4n) is 2.75. The van der Waals surface area contributed by atoms with E-state index in [-0.39, 0.29) is 11.7 Å². The molecule has 150 valence electrons. The smallest absolute Gasteiger partial charge is 0.234 e. The summed E-state index contributed by atoms with van der Waals surface area (Å²) in [4.78, 5) is 12.4. The molecule has 29 heavy (non-hydrogen) atoms. The number of halogens is 1. The SMILES string of the molecule is C=CCn1c(SCC(=O)Nc2cccc(Cl)c2C)nnc1[C@@H](O)c1ccccc1. The van der Waals surface area contributed by atoms with Crippen LogP contribution in [-0.2, 0) is 11.3 Å². The molecule has 1 atom stereocenters. The molecular formula is C21H21ClN4O2S. The average Bonchev–Trinajstić information content (AvgIpc) is 3.13. The number of nitrogens with zero attached hydrogens (tertiary/aromatic N) is 3. The number of allylic oxidation sites excluding steroid dienone is 1. The van der Waals surface area contributed by atoms with Crippen molar-refractivity contribution >= 4 is 35.0 Å². The second kappa shape index (κ2) is 9.73. The Morgan fingerprint density at radius 3 is 2.76 bits per heavy atom. The number of benzene rings is 2. The molecule has 0 aliphatic rings. The summed E-state index contributed by atoms with van der Waals surface area (Å²) in [5.74, 6) is 0.367. The van der Waals surface area contributed by atoms with E-state index in [1.807, 2.05) is 37.3 Å². The van der Waals surface area contributed by atoms with Gasteiger partial charge in [-0.15, -0.1) is 16.8 Å². The second-order valence-electron chi connectivity index (χ2n) is 6.30. The lowest BCUT2D eigenvalue weighted by molar-refractivity contribution is -0.113. The first-order valence-corrected chi connectivity index (χ1v) is 10.3. The summed E-state index contributed by atoms with van der Waals surface area (Å²) in [5, 5.41) is 23.0. The van der Waals surface area contributed by atoms with Crippen molar-refractivity contribution in [3.63, 3.8) is 0 Å². The van der Waals surface area contributed by atoms with Crippen molar-refractivity contribution in [3.8, 4) is 0 Å². The highest BCUT2D eigenvalue weighted by molar-refractivity contribution is 7.99. The van der Waals surface area contributed by atoms with Crippen LogP contribution in [-0.4, -0.2) is 31.5 Å². The van der Waals surface area contributed by atoms with Gasteiger partial charge in [-0.25, -0.2) is 0 Å². The lowest BCUT2D eigenvalue weighted by Crippen LogP contribution is -2.16. The minimum Gasteiger partial charge on any atom is -0.380 e. The minimum absolute atomic E-state index is 0.142. The Labute approximate surface area is 178 Å². The van der Waals surface area contributed by atoms with Crippen LogP contribution in [0.5, 0.6) is 0 Å². The van der Waals surface area contributed by atoms with Crippen LogP contribution in [0, 0.1) is 6.92 Å². The van der Waals surface area contributed by atoms with Crippen LogP contribution >= 0.6 is 23.4 Å². The van der Waals surface area contributed by atoms with E-state index in [0.717, 1.165) is 11.1 Å². The van der Waals surface area contributed by atoms with Gasteiger partial charge in [0.15, 0.2) is 11.0 Å². The molecule has 0 bridgehead atoms. The standard InChI is InChI=1S/C21H21ClN4O2S/c1-3-12-26-20(19(28)15-8-5-4-6-9-15)24-25-21(26)29-13-18(27)23-17-11-7-10-16(22)14(17)2/h3-11,19,28H,1,12-13H2,2H3,(H,23,27)/t19-/m0/s1. The molecule has 3 rings (SSSR count). The third-order valence-corrected chi connectivity index (χ3v) is 5.67. The Bertz CT molecular complexity index is 1010. The number of aromatic nitrogens is 3. The van der Waals surface area contributed by atoms with Crippen LogP contribution < -0.4 is 5.32 Å². The fraction of sp³-hybridized carbons (Fsp3) is 0.190. The molecule has 2 N–H and O–H groups in total. The number of carbonyl (C=O) groups excluding carboxylic acids is 1. The zero-order valence-electron chi connectivity index (χ0n) is 15.9. The van der Waals surface area contributed by atoms with E-state index in [1.54, 1.807) is 28.8 Å². The van der Waals surface area contributed by atoms with E-state index < -0.39 is 6.10 Å². The van der Waals surface area contributed by atoms with Gasteiger partial charge >= 0.3 is 0 Å². The molecule has 0 fully saturated rings. The van der Waals surface area contributed by atoms with E-state index in [9.17, 15) is 9.90 Å². The lowest BCUT2D eigenvalue weighted by Gasteiger charge is -2.13. The zero-order valence-corrected chi connectivity index (χ0v) is 17.5. The first kappa shape index (κ1) is 21.1. The summed E-state index contributed by atoms with van der Waals surface area (Å²) in [6.07, 6.45) is 0.783. The largest absolute Gasteiger partial charge is 0.380 e. The number of hydrogen-bond acceptors (Lipinski definition) is 5. The molecule has 0 aliphatic carbocycles. The highest BCUT2D eigenvalue weighted by Crippen LogP contribution is 2.26. The normalized spacial score (nSPS) is 11.8. The van der Waals surface area contributed by atoms with Crippen molar-refractivity contribution in [2.75, 3.05) is 11.1 Å². The Morgan fingerprint density at radius 1 is 1.28 bits per heavy atom. The Balaban J connectivity index is 1.72. The van der Waals surface area contributed by atoms with Crippen LogP contribution in [0.15, 0.2) is 66.3 Å². The van der Waals surface area contributed by atoms with E-state index >= 15 is 0 Å². The highest BCUT2D eigenvalue weighted by Gasteiger charge is 2.21. The summed E-state index contributed by atoms with van der Waals surface area (Å²) in [5.41, 5.74) is 2.21. The maximum absolute atomic E-state index is 12.4. The number of carbonyl (C=O) groups is 1. The van der Waals surface area contributed by atoms with Gasteiger partial charge in [-0.3, -0.25) is 9.36 Å². The molecule has 1 amide bonds. The van der Waals surface area contributed by atoms with Gasteiger partial charge in [-0.1, -0.05) is 65.8 Å². The van der Waals surface area contributed by atoms with Gasteiger partial charge in [0.05, 0.1) is 5.75 Å². The van der Waals surface area contributed by atoms with E-state index in [4.69, 9.17) is 11.6 Å². The summed E-state index contributed by atoms with van der Waals surface area (Å²) in [6, 6.07) is 14.6. The minimum atomic E-state index is -0.916. The number of nitrogens with one attached hydrogen (secondary N) is 1. The number of hydrogen-bond donors (Lipinski definition) is 2. The Morgan fingerprint density at radius 2 is 2.03 bits per heavy atom.